The Hall–Kier alpha value is -3.45. The van der Waals surface area contributed by atoms with Gasteiger partial charge in [0.2, 0.25) is 0 Å². The second-order valence-corrected chi connectivity index (χ2v) is 7.21. The molecule has 0 bridgehead atoms. The van der Waals surface area contributed by atoms with Gasteiger partial charge < -0.3 is 5.32 Å². The molecule has 0 aliphatic rings. The highest BCUT2D eigenvalue weighted by molar-refractivity contribution is 8.07. The quantitative estimate of drug-likeness (QED) is 0.708. The van der Waals surface area contributed by atoms with E-state index in [1.54, 1.807) is 54.6 Å². The molecule has 0 aromatic heterocycles. The summed E-state index contributed by atoms with van der Waals surface area (Å²) in [5, 5.41) is 1.62. The fourth-order valence-electron chi connectivity index (χ4n) is 2.41. The molecule has 27 heavy (non-hydrogen) atoms. The van der Waals surface area contributed by atoms with Crippen molar-refractivity contribution in [2.75, 3.05) is 10.0 Å². The van der Waals surface area contributed by atoms with Crippen LogP contribution in [-0.4, -0.2) is 19.4 Å². The third-order valence-corrected chi connectivity index (χ3v) is 4.91. The maximum atomic E-state index is 12.5. The molecule has 0 atom stereocenters. The Kier molecular flexibility index (Phi) is 5.33. The van der Waals surface area contributed by atoms with E-state index >= 15 is 0 Å². The van der Waals surface area contributed by atoms with Crippen LogP contribution in [0.5, 0.6) is 0 Å². The normalized spacial score (nSPS) is 10.8. The lowest BCUT2D eigenvalue weighted by molar-refractivity contribution is 0.102. The molecule has 1 amide bonds. The van der Waals surface area contributed by atoms with E-state index in [1.807, 2.05) is 6.07 Å². The molecule has 2 N–H and O–H groups in total. The minimum atomic E-state index is -4.36. The van der Waals surface area contributed by atoms with E-state index in [-0.39, 0.29) is 16.8 Å². The van der Waals surface area contributed by atoms with Gasteiger partial charge in [-0.15, -0.1) is 0 Å². The molecule has 0 spiro atoms. The zero-order valence-electron chi connectivity index (χ0n) is 14.1. The molecule has 0 unspecified atom stereocenters. The van der Waals surface area contributed by atoms with Gasteiger partial charge in [0, 0.05) is 11.3 Å². The van der Waals surface area contributed by atoms with Crippen LogP contribution in [0.3, 0.4) is 0 Å². The number of rotatable bonds is 5. The van der Waals surface area contributed by atoms with E-state index in [4.69, 9.17) is 0 Å². The fraction of sp³-hybridized carbons (Fsp3) is 0. The predicted molar refractivity (Wildman–Crippen MR) is 104 cm³/mol. The molecule has 0 aliphatic heterocycles. The number of benzene rings is 3. The molecule has 6 nitrogen and oxygen atoms in total. The maximum absolute atomic E-state index is 12.5. The Morgan fingerprint density at radius 3 is 1.93 bits per heavy atom. The monoisotopic (exact) mass is 380 g/mol. The Labute approximate surface area is 156 Å². The number of carbonyl (C=O) groups is 2. The smallest absolute Gasteiger partial charge is 0.300 e. The zero-order chi connectivity index (χ0) is 19.3. The summed E-state index contributed by atoms with van der Waals surface area (Å²) in [6.07, 6.45) is 0. The van der Waals surface area contributed by atoms with Gasteiger partial charge in [0.05, 0.1) is 11.3 Å². The van der Waals surface area contributed by atoms with Gasteiger partial charge in [0.1, 0.15) is 0 Å². The molecule has 136 valence electrons. The third-order valence-electron chi connectivity index (χ3n) is 3.70. The number of para-hydroxylation sites is 2. The third kappa shape index (κ3) is 4.39. The summed E-state index contributed by atoms with van der Waals surface area (Å²) in [7, 11) is -4.36. The number of hydrogen-bond acceptors (Lipinski definition) is 4. The average molecular weight is 380 g/mol. The molecule has 0 heterocycles. The number of sulfonamides is 1. The fourth-order valence-corrected chi connectivity index (χ4v) is 3.42. The van der Waals surface area contributed by atoms with Crippen LogP contribution in [0.2, 0.25) is 0 Å². The van der Waals surface area contributed by atoms with Crippen LogP contribution in [-0.2, 0) is 10.0 Å². The standard InChI is InChI=1S/C20H16N2O4S/c23-19(21-16-11-5-2-6-12-16)17-13-7-8-14-18(17)22-27(25,26)20(24)15-9-3-1-4-10-15/h1-14,22H,(H,21,23). The first-order valence-electron chi connectivity index (χ1n) is 8.05. The average Bonchev–Trinajstić information content (AvgIpc) is 2.69. The number of hydrogen-bond donors (Lipinski definition) is 2. The minimum absolute atomic E-state index is 0.0233. The first kappa shape index (κ1) is 18.3. The van der Waals surface area contributed by atoms with Crippen molar-refractivity contribution in [1.82, 2.24) is 0 Å². The lowest BCUT2D eigenvalue weighted by Gasteiger charge is -2.12. The molecule has 0 fully saturated rings. The first-order chi connectivity index (χ1) is 13.0. The van der Waals surface area contributed by atoms with Crippen molar-refractivity contribution < 1.29 is 18.0 Å². The van der Waals surface area contributed by atoms with Crippen LogP contribution in [0.4, 0.5) is 11.4 Å². The first-order valence-corrected chi connectivity index (χ1v) is 9.53. The van der Waals surface area contributed by atoms with Crippen molar-refractivity contribution in [1.29, 1.82) is 0 Å². The molecule has 0 saturated carbocycles. The Morgan fingerprint density at radius 1 is 0.704 bits per heavy atom. The molecule has 7 heteroatoms. The van der Waals surface area contributed by atoms with Gasteiger partial charge >= 0.3 is 10.0 Å². The van der Waals surface area contributed by atoms with Gasteiger partial charge in [0.15, 0.2) is 0 Å². The van der Waals surface area contributed by atoms with Gasteiger partial charge in [0.25, 0.3) is 11.0 Å². The van der Waals surface area contributed by atoms with Crippen molar-refractivity contribution in [3.8, 4) is 0 Å². The molecule has 0 radical (unpaired) electrons. The largest absolute Gasteiger partial charge is 0.322 e. The number of carbonyl (C=O) groups excluding carboxylic acids is 2. The Morgan fingerprint density at radius 2 is 1.26 bits per heavy atom. The van der Waals surface area contributed by atoms with Crippen LogP contribution in [0.25, 0.3) is 0 Å². The predicted octanol–water partition coefficient (Wildman–Crippen LogP) is 3.52. The van der Waals surface area contributed by atoms with E-state index in [0.717, 1.165) is 0 Å². The van der Waals surface area contributed by atoms with E-state index in [1.165, 1.54) is 24.3 Å². The summed E-state index contributed by atoms with van der Waals surface area (Å²) < 4.78 is 27.1. The molecular weight excluding hydrogens is 364 g/mol. The van der Waals surface area contributed by atoms with Crippen molar-refractivity contribution in [3.63, 3.8) is 0 Å². The van der Waals surface area contributed by atoms with Crippen LogP contribution in [0.15, 0.2) is 84.9 Å². The summed E-state index contributed by atoms with van der Waals surface area (Å²) in [5.41, 5.74) is 0.734. The highest BCUT2D eigenvalue weighted by Gasteiger charge is 2.25. The molecule has 0 saturated heterocycles. The van der Waals surface area contributed by atoms with Gasteiger partial charge in [-0.05, 0) is 24.3 Å². The molecule has 3 aromatic carbocycles. The lowest BCUT2D eigenvalue weighted by Crippen LogP contribution is -2.25. The van der Waals surface area contributed by atoms with Gasteiger partial charge in [-0.1, -0.05) is 60.7 Å². The van der Waals surface area contributed by atoms with E-state index in [0.29, 0.717) is 5.69 Å². The minimum Gasteiger partial charge on any atom is -0.322 e. The molecule has 3 rings (SSSR count). The maximum Gasteiger partial charge on any atom is 0.300 e. The summed E-state index contributed by atoms with van der Waals surface area (Å²) in [6.45, 7) is 0. The van der Waals surface area contributed by atoms with Crippen molar-refractivity contribution in [2.45, 2.75) is 0 Å². The highest BCUT2D eigenvalue weighted by atomic mass is 32.2. The van der Waals surface area contributed by atoms with E-state index in [2.05, 4.69) is 10.0 Å². The molecular formula is C20H16N2O4S. The van der Waals surface area contributed by atoms with Gasteiger partial charge in [-0.3, -0.25) is 14.3 Å². The van der Waals surface area contributed by atoms with E-state index in [9.17, 15) is 18.0 Å². The van der Waals surface area contributed by atoms with Crippen molar-refractivity contribution in [3.05, 3.63) is 96.1 Å². The van der Waals surface area contributed by atoms with Crippen molar-refractivity contribution in [2.24, 2.45) is 0 Å². The van der Waals surface area contributed by atoms with Crippen LogP contribution in [0, 0.1) is 0 Å². The summed E-state index contributed by atoms with van der Waals surface area (Å²) in [4.78, 5) is 24.8. The van der Waals surface area contributed by atoms with Gasteiger partial charge in [-0.2, -0.15) is 8.42 Å². The molecule has 3 aromatic rings. The lowest BCUT2D eigenvalue weighted by atomic mass is 10.1. The Bertz CT molecular complexity index is 1070. The van der Waals surface area contributed by atoms with Crippen LogP contribution in [0.1, 0.15) is 20.7 Å². The second-order valence-electron chi connectivity index (χ2n) is 5.62. The molecule has 0 aliphatic carbocycles. The van der Waals surface area contributed by atoms with Crippen molar-refractivity contribution >= 4 is 32.4 Å². The second kappa shape index (κ2) is 7.84. The zero-order valence-corrected chi connectivity index (χ0v) is 14.9. The van der Waals surface area contributed by atoms with Crippen LogP contribution < -0.4 is 10.0 Å². The summed E-state index contributed by atoms with van der Waals surface area (Å²) in [5.74, 6) is -0.494. The Balaban J connectivity index is 1.85. The number of nitrogens with one attached hydrogen (secondary N) is 2. The van der Waals surface area contributed by atoms with Crippen LogP contribution >= 0.6 is 0 Å². The number of amides is 1. The SMILES string of the molecule is O=C(Nc1ccccc1)c1ccccc1NS(=O)(=O)C(=O)c1ccccc1. The topological polar surface area (TPSA) is 92.3 Å². The number of anilines is 2. The summed E-state index contributed by atoms with van der Waals surface area (Å²) in [6, 6.07) is 22.5. The summed E-state index contributed by atoms with van der Waals surface area (Å²) >= 11 is 0. The highest BCUT2D eigenvalue weighted by Crippen LogP contribution is 2.20. The van der Waals surface area contributed by atoms with Gasteiger partial charge in [-0.25, -0.2) is 0 Å². The van der Waals surface area contributed by atoms with E-state index < -0.39 is 21.0 Å².